The molecule has 1 heterocycles. The van der Waals surface area contributed by atoms with Crippen molar-refractivity contribution in [3.8, 4) is 0 Å². The molecule has 8 heteroatoms. The van der Waals surface area contributed by atoms with Gasteiger partial charge in [-0.25, -0.2) is 0 Å². The quantitative estimate of drug-likeness (QED) is 0.374. The zero-order chi connectivity index (χ0) is 18.1. The van der Waals surface area contributed by atoms with E-state index in [2.05, 4.69) is 16.9 Å². The molecule has 3 N–H and O–H groups in total. The third-order valence-corrected chi connectivity index (χ3v) is 5.44. The number of alkyl halides is 4. The van der Waals surface area contributed by atoms with Crippen LogP contribution in [0.4, 0.5) is 13.2 Å². The molecule has 0 saturated heterocycles. The van der Waals surface area contributed by atoms with Gasteiger partial charge in [-0.2, -0.15) is 13.2 Å². The Hall–Kier alpha value is -0.960. The number of rotatable bonds is 4. The number of nitrogens with one attached hydrogen (secondary N) is 1. The molecule has 0 radical (unpaired) electrons. The first-order chi connectivity index (χ1) is 11.2. The lowest BCUT2D eigenvalue weighted by Gasteiger charge is -2.34. The third-order valence-electron chi connectivity index (χ3n) is 4.33. The van der Waals surface area contributed by atoms with Crippen molar-refractivity contribution in [2.45, 2.75) is 31.3 Å². The Morgan fingerprint density at radius 3 is 2.79 bits per heavy atom. The first-order valence-corrected chi connectivity index (χ1v) is 8.91. The summed E-state index contributed by atoms with van der Waals surface area (Å²) < 4.78 is 39.1. The molecule has 0 aromatic carbocycles. The lowest BCUT2D eigenvalue weighted by atomic mass is 9.77. The topological polar surface area (TPSA) is 50.9 Å². The van der Waals surface area contributed by atoms with Gasteiger partial charge in [0.15, 0.2) is 0 Å². The average Bonchev–Trinajstić information content (AvgIpc) is 2.51. The molecule has 0 amide bonds. The summed E-state index contributed by atoms with van der Waals surface area (Å²) in [7, 11) is 0. The van der Waals surface area contributed by atoms with Gasteiger partial charge in [-0.15, -0.1) is 11.6 Å². The molecule has 1 aromatic rings. The van der Waals surface area contributed by atoms with Crippen molar-refractivity contribution in [2.75, 3.05) is 0 Å². The molecule has 3 atom stereocenters. The highest BCUT2D eigenvalue weighted by molar-refractivity contribution is 14.1. The Bertz CT molecular complexity index is 656. The van der Waals surface area contributed by atoms with Crippen molar-refractivity contribution < 1.29 is 13.2 Å². The van der Waals surface area contributed by atoms with E-state index < -0.39 is 17.1 Å². The molecule has 3 nitrogen and oxygen atoms in total. The predicted octanol–water partition coefficient (Wildman–Crippen LogP) is 4.87. The number of nitrogens with zero attached hydrogens (tertiary/aromatic N) is 1. The minimum Gasteiger partial charge on any atom is -0.392 e. The van der Waals surface area contributed by atoms with Crippen LogP contribution in [0.25, 0.3) is 0 Å². The van der Waals surface area contributed by atoms with Gasteiger partial charge in [-0.05, 0) is 59.2 Å². The van der Waals surface area contributed by atoms with E-state index in [-0.39, 0.29) is 11.8 Å². The van der Waals surface area contributed by atoms with Crippen LogP contribution in [0.3, 0.4) is 0 Å². The maximum absolute atomic E-state index is 12.8. The molecule has 2 unspecified atom stereocenters. The molecule has 24 heavy (non-hydrogen) atoms. The zero-order valence-corrected chi connectivity index (χ0v) is 15.9. The van der Waals surface area contributed by atoms with Crippen LogP contribution >= 0.6 is 34.2 Å². The number of halogens is 5. The van der Waals surface area contributed by atoms with Crippen LogP contribution in [0.15, 0.2) is 34.4 Å². The molecule has 1 aromatic heterocycles. The monoisotopic (exact) mass is 471 g/mol. The number of aryl methyl sites for hydroxylation is 1. The Morgan fingerprint density at radius 2 is 2.25 bits per heavy atom. The summed E-state index contributed by atoms with van der Waals surface area (Å²) in [5, 5.41) is 2.57. The van der Waals surface area contributed by atoms with E-state index in [1.165, 1.54) is 0 Å². The summed E-state index contributed by atoms with van der Waals surface area (Å²) in [5.41, 5.74) is 7.09. The fourth-order valence-electron chi connectivity index (χ4n) is 3.04. The highest BCUT2D eigenvalue weighted by Gasteiger charge is 2.37. The maximum Gasteiger partial charge on any atom is 0.417 e. The van der Waals surface area contributed by atoms with E-state index in [4.69, 9.17) is 17.3 Å². The highest BCUT2D eigenvalue weighted by atomic mass is 127. The van der Waals surface area contributed by atoms with Gasteiger partial charge in [-0.3, -0.25) is 4.98 Å². The molecule has 2 rings (SSSR count). The van der Waals surface area contributed by atoms with Gasteiger partial charge in [0.1, 0.15) is 0 Å². The number of allylic oxidation sites excluding steroid dienone is 1. The lowest BCUT2D eigenvalue weighted by Crippen LogP contribution is -2.30. The first-order valence-electron chi connectivity index (χ1n) is 7.39. The summed E-state index contributed by atoms with van der Waals surface area (Å²) in [6.07, 6.45) is -0.824. The summed E-state index contributed by atoms with van der Waals surface area (Å²) in [5.74, 6) is 0.0128. The van der Waals surface area contributed by atoms with Gasteiger partial charge in [0.2, 0.25) is 0 Å². The number of pyridine rings is 1. The van der Waals surface area contributed by atoms with Crippen LogP contribution in [-0.2, 0) is 12.6 Å². The van der Waals surface area contributed by atoms with Crippen molar-refractivity contribution in [3.63, 3.8) is 0 Å². The smallest absolute Gasteiger partial charge is 0.392 e. The summed E-state index contributed by atoms with van der Waals surface area (Å²) >= 11 is 8.58. The second kappa shape index (κ2) is 7.51. The standard InChI is InChI=1S/C16H18ClF3IN3/c1-3-23-13(15(21)22)8(2)11-5-4-9-6-10(16(18,19)20)7-24-14(9)12(11)17/h3,6-8,11-12,23H,1,4-5,22H2,2H3/b15-13-/t8-,11?,12?/m1/s1. The Morgan fingerprint density at radius 1 is 1.58 bits per heavy atom. The summed E-state index contributed by atoms with van der Waals surface area (Å²) in [6, 6.07) is 1.16. The number of hydrogen-bond donors (Lipinski definition) is 2. The lowest BCUT2D eigenvalue weighted by molar-refractivity contribution is -0.137. The molecule has 0 bridgehead atoms. The largest absolute Gasteiger partial charge is 0.417 e. The third kappa shape index (κ3) is 3.99. The van der Waals surface area contributed by atoms with Gasteiger partial charge in [0.05, 0.1) is 20.3 Å². The van der Waals surface area contributed by atoms with Crippen LogP contribution in [0.1, 0.15) is 35.5 Å². The molecule has 1 aliphatic rings. The van der Waals surface area contributed by atoms with Gasteiger partial charge in [0, 0.05) is 17.8 Å². The molecule has 132 valence electrons. The normalized spacial score (nSPS) is 23.1. The van der Waals surface area contributed by atoms with E-state index in [0.717, 1.165) is 18.0 Å². The number of hydrogen-bond acceptors (Lipinski definition) is 3. The van der Waals surface area contributed by atoms with Gasteiger partial charge in [-0.1, -0.05) is 13.5 Å². The molecular formula is C16H18ClF3IN3. The van der Waals surface area contributed by atoms with Gasteiger partial charge < -0.3 is 11.1 Å². The average molecular weight is 472 g/mol. The Balaban J connectivity index is 2.31. The summed E-state index contributed by atoms with van der Waals surface area (Å²) in [4.78, 5) is 4.01. The van der Waals surface area contributed by atoms with Crippen LogP contribution < -0.4 is 11.1 Å². The Labute approximate surface area is 157 Å². The molecule has 1 aliphatic carbocycles. The predicted molar refractivity (Wildman–Crippen MR) is 97.4 cm³/mol. The minimum absolute atomic E-state index is 0.000331. The van der Waals surface area contributed by atoms with Crippen LogP contribution in [0.2, 0.25) is 0 Å². The number of aromatic nitrogens is 1. The van der Waals surface area contributed by atoms with E-state index in [9.17, 15) is 13.2 Å². The van der Waals surface area contributed by atoms with E-state index in [1.54, 1.807) is 6.20 Å². The van der Waals surface area contributed by atoms with E-state index in [1.807, 2.05) is 29.5 Å². The van der Waals surface area contributed by atoms with E-state index >= 15 is 0 Å². The van der Waals surface area contributed by atoms with Crippen molar-refractivity contribution in [2.24, 2.45) is 17.6 Å². The first kappa shape index (κ1) is 19.4. The zero-order valence-electron chi connectivity index (χ0n) is 13.0. The second-order valence-electron chi connectivity index (χ2n) is 5.77. The Kier molecular flexibility index (Phi) is 6.06. The fourth-order valence-corrected chi connectivity index (χ4v) is 4.23. The molecular weight excluding hydrogens is 454 g/mol. The highest BCUT2D eigenvalue weighted by Crippen LogP contribution is 2.45. The maximum atomic E-state index is 12.8. The summed E-state index contributed by atoms with van der Waals surface area (Å²) in [6.45, 7) is 5.63. The van der Waals surface area contributed by atoms with Gasteiger partial charge >= 0.3 is 6.18 Å². The molecule has 0 fully saturated rings. The van der Waals surface area contributed by atoms with Crippen LogP contribution in [0.5, 0.6) is 0 Å². The number of fused-ring (bicyclic) bond motifs is 1. The fraction of sp³-hybridized carbons (Fsp3) is 0.438. The molecule has 0 spiro atoms. The van der Waals surface area contributed by atoms with Crippen molar-refractivity contribution in [1.29, 1.82) is 0 Å². The second-order valence-corrected chi connectivity index (χ2v) is 7.40. The molecule has 0 saturated carbocycles. The van der Waals surface area contributed by atoms with Crippen molar-refractivity contribution in [3.05, 3.63) is 51.3 Å². The van der Waals surface area contributed by atoms with Gasteiger partial charge in [0.25, 0.3) is 0 Å². The van der Waals surface area contributed by atoms with Crippen molar-refractivity contribution in [1.82, 2.24) is 10.3 Å². The number of nitrogens with two attached hydrogens (primary N) is 1. The van der Waals surface area contributed by atoms with E-state index in [0.29, 0.717) is 27.8 Å². The van der Waals surface area contributed by atoms with Crippen LogP contribution in [-0.4, -0.2) is 4.98 Å². The van der Waals surface area contributed by atoms with Crippen LogP contribution in [0, 0.1) is 11.8 Å². The SMILES string of the molecule is C=CN/C(=C(\N)I)[C@H](C)C1CCc2cc(C(F)(F)F)cnc2C1Cl. The molecule has 0 aliphatic heterocycles. The van der Waals surface area contributed by atoms with Crippen molar-refractivity contribution >= 4 is 34.2 Å². The minimum atomic E-state index is -4.40.